The van der Waals surface area contributed by atoms with Crippen LogP contribution >= 0.6 is 0 Å². The Bertz CT molecular complexity index is 262. The molecule has 2 aliphatic rings. The van der Waals surface area contributed by atoms with Gasteiger partial charge in [-0.2, -0.15) is 0 Å². The van der Waals surface area contributed by atoms with Gasteiger partial charge in [0.15, 0.2) is 0 Å². The fourth-order valence-corrected chi connectivity index (χ4v) is 2.61. The third-order valence-electron chi connectivity index (χ3n) is 3.57. The third kappa shape index (κ3) is 2.43. The number of piperidine rings is 2. The van der Waals surface area contributed by atoms with Gasteiger partial charge in [0.25, 0.3) is 0 Å². The minimum Gasteiger partial charge on any atom is -0.332 e. The van der Waals surface area contributed by atoms with E-state index in [1.54, 1.807) is 4.90 Å². The first-order valence-electron chi connectivity index (χ1n) is 6.22. The molecule has 1 radical (unpaired) electrons. The van der Waals surface area contributed by atoms with Crippen molar-refractivity contribution in [1.29, 1.82) is 0 Å². The van der Waals surface area contributed by atoms with E-state index in [1.807, 2.05) is 6.29 Å². The molecule has 0 saturated carbocycles. The van der Waals surface area contributed by atoms with Crippen LogP contribution in [0.2, 0.25) is 0 Å². The van der Waals surface area contributed by atoms with Crippen LogP contribution in [0.3, 0.4) is 0 Å². The van der Waals surface area contributed by atoms with Crippen LogP contribution in [0.4, 0.5) is 0 Å². The topological polar surface area (TPSA) is 49.4 Å². The number of rotatable bonds is 2. The Balaban J connectivity index is 1.97. The maximum Gasteiger partial charge on any atom is 0.227 e. The molecule has 2 aliphatic heterocycles. The van der Waals surface area contributed by atoms with E-state index < -0.39 is 0 Å². The summed E-state index contributed by atoms with van der Waals surface area (Å²) in [6.07, 6.45) is 6.86. The first-order chi connectivity index (χ1) is 7.83. The normalized spacial score (nSPS) is 31.1. The molecule has 0 spiro atoms. The summed E-state index contributed by atoms with van der Waals surface area (Å²) in [5.41, 5.74) is 0. The molecule has 0 bridgehead atoms. The predicted octanol–water partition coefficient (Wildman–Crippen LogP) is 0.477. The highest BCUT2D eigenvalue weighted by molar-refractivity contribution is 5.82. The van der Waals surface area contributed by atoms with Gasteiger partial charge in [-0.1, -0.05) is 0 Å². The second kappa shape index (κ2) is 5.43. The van der Waals surface area contributed by atoms with Gasteiger partial charge in [0.1, 0.15) is 0 Å². The fourth-order valence-electron chi connectivity index (χ4n) is 2.61. The van der Waals surface area contributed by atoms with Crippen LogP contribution in [-0.4, -0.2) is 42.8 Å². The Morgan fingerprint density at radius 1 is 1.25 bits per heavy atom. The first-order valence-corrected chi connectivity index (χ1v) is 6.22. The van der Waals surface area contributed by atoms with Crippen LogP contribution in [0.25, 0.3) is 0 Å². The quantitative estimate of drug-likeness (QED) is 0.740. The molecule has 0 aromatic rings. The third-order valence-corrected chi connectivity index (χ3v) is 3.57. The van der Waals surface area contributed by atoms with Crippen LogP contribution in [0.5, 0.6) is 0 Å². The van der Waals surface area contributed by atoms with Crippen molar-refractivity contribution in [2.75, 3.05) is 19.6 Å². The van der Waals surface area contributed by atoms with Crippen molar-refractivity contribution in [3.63, 3.8) is 0 Å². The number of hydrogen-bond donors (Lipinski definition) is 1. The van der Waals surface area contributed by atoms with Crippen molar-refractivity contribution in [3.8, 4) is 0 Å². The van der Waals surface area contributed by atoms with E-state index in [0.29, 0.717) is 0 Å². The molecule has 4 nitrogen and oxygen atoms in total. The Morgan fingerprint density at radius 3 is 2.81 bits per heavy atom. The summed E-state index contributed by atoms with van der Waals surface area (Å²) in [6.45, 7) is 2.50. The molecule has 1 N–H and O–H groups in total. The largest absolute Gasteiger partial charge is 0.332 e. The predicted molar refractivity (Wildman–Crippen MR) is 60.6 cm³/mol. The first kappa shape index (κ1) is 11.6. The number of nitrogens with zero attached hydrogens (tertiary/aromatic N) is 1. The van der Waals surface area contributed by atoms with Crippen molar-refractivity contribution in [2.24, 2.45) is 5.92 Å². The van der Waals surface area contributed by atoms with E-state index in [1.165, 1.54) is 0 Å². The van der Waals surface area contributed by atoms with Crippen molar-refractivity contribution in [1.82, 2.24) is 10.2 Å². The number of nitrogens with one attached hydrogen (secondary N) is 1. The molecule has 2 fully saturated rings. The zero-order valence-corrected chi connectivity index (χ0v) is 9.58. The number of amides is 1. The fraction of sp³-hybridized carbons (Fsp3) is 0.833. The van der Waals surface area contributed by atoms with Crippen LogP contribution in [-0.2, 0) is 9.59 Å². The van der Waals surface area contributed by atoms with Crippen molar-refractivity contribution in [3.05, 3.63) is 0 Å². The van der Waals surface area contributed by atoms with E-state index in [2.05, 4.69) is 5.32 Å². The standard InChI is InChI=1S/C12H19N2O2/c15-9-11-5-1-2-7-14(11)12(16)10-4-3-6-13-8-10/h10-11,13H,1-8H2. The Labute approximate surface area is 96.4 Å². The van der Waals surface area contributed by atoms with E-state index in [4.69, 9.17) is 0 Å². The summed E-state index contributed by atoms with van der Waals surface area (Å²) < 4.78 is 0. The molecule has 16 heavy (non-hydrogen) atoms. The molecular formula is C12H19N2O2. The lowest BCUT2D eigenvalue weighted by Gasteiger charge is -2.35. The van der Waals surface area contributed by atoms with Gasteiger partial charge < -0.3 is 10.2 Å². The Kier molecular flexibility index (Phi) is 3.93. The second-order valence-electron chi connectivity index (χ2n) is 4.70. The molecule has 2 atom stereocenters. The summed E-state index contributed by atoms with van der Waals surface area (Å²) in [7, 11) is 0. The average Bonchev–Trinajstić information content (AvgIpc) is 2.39. The highest BCUT2D eigenvalue weighted by Gasteiger charge is 2.32. The lowest BCUT2D eigenvalue weighted by atomic mass is 9.95. The van der Waals surface area contributed by atoms with Gasteiger partial charge >= 0.3 is 0 Å². The maximum absolute atomic E-state index is 12.2. The number of hydrogen-bond acceptors (Lipinski definition) is 3. The van der Waals surface area contributed by atoms with E-state index >= 15 is 0 Å². The van der Waals surface area contributed by atoms with Gasteiger partial charge in [0, 0.05) is 13.1 Å². The summed E-state index contributed by atoms with van der Waals surface area (Å²) in [5.74, 6) is 0.225. The molecule has 2 saturated heterocycles. The lowest BCUT2D eigenvalue weighted by molar-refractivity contribution is -0.138. The molecule has 2 rings (SSSR count). The molecule has 89 valence electrons. The van der Waals surface area contributed by atoms with Crippen molar-refractivity contribution < 1.29 is 9.59 Å². The Hall–Kier alpha value is -0.900. The van der Waals surface area contributed by atoms with Crippen molar-refractivity contribution in [2.45, 2.75) is 38.1 Å². The lowest BCUT2D eigenvalue weighted by Crippen LogP contribution is -2.50. The van der Waals surface area contributed by atoms with Gasteiger partial charge in [0.2, 0.25) is 12.2 Å². The van der Waals surface area contributed by atoms with Gasteiger partial charge in [-0.3, -0.25) is 9.59 Å². The smallest absolute Gasteiger partial charge is 0.227 e. The number of carbonyl (C=O) groups is 1. The van der Waals surface area contributed by atoms with Crippen LogP contribution < -0.4 is 5.32 Å². The summed E-state index contributed by atoms with van der Waals surface area (Å²) in [6, 6.07) is -0.289. The number of carbonyl (C=O) groups excluding carboxylic acids is 2. The average molecular weight is 223 g/mol. The molecule has 0 aromatic carbocycles. The maximum atomic E-state index is 12.2. The van der Waals surface area contributed by atoms with Crippen LogP contribution in [0, 0.1) is 5.92 Å². The zero-order chi connectivity index (χ0) is 11.4. The minimum atomic E-state index is -0.289. The molecule has 1 amide bonds. The molecule has 0 aromatic heterocycles. The van der Waals surface area contributed by atoms with Gasteiger partial charge in [-0.15, -0.1) is 0 Å². The molecule has 2 heterocycles. The van der Waals surface area contributed by atoms with Crippen LogP contribution in [0.15, 0.2) is 0 Å². The van der Waals surface area contributed by atoms with Gasteiger partial charge in [0.05, 0.1) is 12.0 Å². The highest BCUT2D eigenvalue weighted by atomic mass is 16.2. The number of likely N-dealkylation sites (tertiary alicyclic amines) is 1. The summed E-state index contributed by atoms with van der Waals surface area (Å²) in [5, 5.41) is 3.24. The molecule has 0 aliphatic carbocycles. The van der Waals surface area contributed by atoms with E-state index in [9.17, 15) is 9.59 Å². The summed E-state index contributed by atoms with van der Waals surface area (Å²) >= 11 is 0. The molecular weight excluding hydrogens is 204 g/mol. The zero-order valence-electron chi connectivity index (χ0n) is 9.58. The minimum absolute atomic E-state index is 0.0719. The second-order valence-corrected chi connectivity index (χ2v) is 4.70. The van der Waals surface area contributed by atoms with E-state index in [-0.39, 0.29) is 17.9 Å². The Morgan fingerprint density at radius 2 is 2.12 bits per heavy atom. The van der Waals surface area contributed by atoms with Crippen molar-refractivity contribution >= 4 is 12.2 Å². The SMILES string of the molecule is O=[C]C1CCCCN1C(=O)C1CCCNC1. The van der Waals surface area contributed by atoms with Gasteiger partial charge in [-0.25, -0.2) is 0 Å². The molecule has 2 unspecified atom stereocenters. The summed E-state index contributed by atoms with van der Waals surface area (Å²) in [4.78, 5) is 24.8. The monoisotopic (exact) mass is 223 g/mol. The van der Waals surface area contributed by atoms with Gasteiger partial charge in [-0.05, 0) is 38.6 Å². The molecule has 4 heteroatoms. The van der Waals surface area contributed by atoms with Crippen LogP contribution in [0.1, 0.15) is 32.1 Å². The van der Waals surface area contributed by atoms with E-state index in [0.717, 1.165) is 51.7 Å². The highest BCUT2D eigenvalue weighted by Crippen LogP contribution is 2.20.